The fourth-order valence-corrected chi connectivity index (χ4v) is 3.20. The van der Waals surface area contributed by atoms with Crippen LogP contribution >= 0.6 is 11.8 Å². The number of halogens is 1. The molecule has 3 rings (SSSR count). The summed E-state index contributed by atoms with van der Waals surface area (Å²) >= 11 is 1.39. The van der Waals surface area contributed by atoms with Gasteiger partial charge in [-0.05, 0) is 43.3 Å². The van der Waals surface area contributed by atoms with Crippen LogP contribution in [0, 0.1) is 5.82 Å². The van der Waals surface area contributed by atoms with Gasteiger partial charge in [0, 0.05) is 22.7 Å². The van der Waals surface area contributed by atoms with Crippen LogP contribution in [0.5, 0.6) is 0 Å². The number of fused-ring (bicyclic) bond motifs is 1. The molecule has 5 heteroatoms. The molecule has 0 aliphatic heterocycles. The zero-order valence-electron chi connectivity index (χ0n) is 13.3. The average molecular weight is 343 g/mol. The number of thioether (sulfide) groups is 1. The van der Waals surface area contributed by atoms with E-state index in [1.54, 1.807) is 12.1 Å². The summed E-state index contributed by atoms with van der Waals surface area (Å²) in [6.07, 6.45) is 0.641. The topological polar surface area (TPSA) is 42.2 Å². The summed E-state index contributed by atoms with van der Waals surface area (Å²) in [5.74, 6) is 0.835. The minimum atomic E-state index is -0.275. The Kier molecular flexibility index (Phi) is 5.20. The van der Waals surface area contributed by atoms with Gasteiger partial charge in [-0.15, -0.1) is 11.8 Å². The van der Waals surface area contributed by atoms with Crippen molar-refractivity contribution in [2.45, 2.75) is 24.3 Å². The lowest BCUT2D eigenvalue weighted by molar-refractivity contribution is -0.119. The van der Waals surface area contributed by atoms with Gasteiger partial charge in [-0.3, -0.25) is 4.79 Å². The Morgan fingerprint density at radius 2 is 1.96 bits per heavy atom. The number of carbonyl (C=O) groups excluding carboxylic acids is 1. The maximum atomic E-state index is 12.8. The van der Waals surface area contributed by atoms with Crippen LogP contribution in [0.1, 0.15) is 12.7 Å². The molecule has 0 unspecified atom stereocenters. The van der Waals surface area contributed by atoms with Crippen molar-refractivity contribution in [1.29, 1.82) is 0 Å². The molecule has 1 aromatic heterocycles. The van der Waals surface area contributed by atoms with Gasteiger partial charge in [0.25, 0.3) is 0 Å². The standard InChI is InChI=1S/C19H18FNO2S/c1-13(10-16-11-14-4-2-3-5-18(14)23-16)21-19(22)12-24-17-8-6-15(20)7-9-17/h2-9,11,13H,10,12H2,1H3,(H,21,22)/t13-/m0/s1. The Morgan fingerprint density at radius 1 is 1.21 bits per heavy atom. The summed E-state index contributed by atoms with van der Waals surface area (Å²) < 4.78 is 18.6. The molecule has 0 saturated heterocycles. The first-order valence-electron chi connectivity index (χ1n) is 7.75. The van der Waals surface area contributed by atoms with Crippen molar-refractivity contribution in [3.05, 3.63) is 66.2 Å². The molecule has 24 heavy (non-hydrogen) atoms. The fraction of sp³-hybridized carbons (Fsp3) is 0.211. The lowest BCUT2D eigenvalue weighted by atomic mass is 10.2. The lowest BCUT2D eigenvalue weighted by Gasteiger charge is -2.12. The van der Waals surface area contributed by atoms with E-state index in [0.29, 0.717) is 12.2 Å². The van der Waals surface area contributed by atoms with Gasteiger partial charge in [0.1, 0.15) is 17.2 Å². The van der Waals surface area contributed by atoms with Gasteiger partial charge in [-0.25, -0.2) is 4.39 Å². The molecule has 0 spiro atoms. The minimum absolute atomic E-state index is 0.0214. The number of rotatable bonds is 6. The molecule has 0 aliphatic rings. The molecule has 124 valence electrons. The van der Waals surface area contributed by atoms with Gasteiger partial charge in [-0.2, -0.15) is 0 Å². The number of carbonyl (C=O) groups is 1. The summed E-state index contributed by atoms with van der Waals surface area (Å²) in [4.78, 5) is 12.9. The van der Waals surface area contributed by atoms with Crippen molar-refractivity contribution in [2.24, 2.45) is 0 Å². The number of benzene rings is 2. The number of amides is 1. The predicted octanol–water partition coefficient (Wildman–Crippen LogP) is 4.41. The monoisotopic (exact) mass is 343 g/mol. The van der Waals surface area contributed by atoms with Crippen LogP contribution in [-0.2, 0) is 11.2 Å². The second kappa shape index (κ2) is 7.53. The molecule has 3 aromatic rings. The van der Waals surface area contributed by atoms with E-state index in [4.69, 9.17) is 4.42 Å². The summed E-state index contributed by atoms with van der Waals surface area (Å²) in [7, 11) is 0. The van der Waals surface area contributed by atoms with E-state index in [1.165, 1.54) is 23.9 Å². The average Bonchev–Trinajstić information content (AvgIpc) is 2.96. The van der Waals surface area contributed by atoms with Crippen molar-refractivity contribution in [1.82, 2.24) is 5.32 Å². The Balaban J connectivity index is 1.49. The van der Waals surface area contributed by atoms with E-state index in [1.807, 2.05) is 37.3 Å². The molecular weight excluding hydrogens is 325 g/mol. The third-order valence-electron chi connectivity index (χ3n) is 3.57. The van der Waals surface area contributed by atoms with Crippen LogP contribution in [0.25, 0.3) is 11.0 Å². The van der Waals surface area contributed by atoms with Gasteiger partial charge >= 0.3 is 0 Å². The molecule has 2 aromatic carbocycles. The number of furan rings is 1. The molecule has 0 saturated carbocycles. The van der Waals surface area contributed by atoms with Crippen LogP contribution < -0.4 is 5.32 Å². The Hall–Kier alpha value is -2.27. The highest BCUT2D eigenvalue weighted by Crippen LogP contribution is 2.20. The van der Waals surface area contributed by atoms with Crippen molar-refractivity contribution in [2.75, 3.05) is 5.75 Å². The summed E-state index contributed by atoms with van der Waals surface area (Å²) in [5.41, 5.74) is 0.859. The molecule has 0 fully saturated rings. The van der Waals surface area contributed by atoms with Crippen LogP contribution in [0.15, 0.2) is 63.9 Å². The Morgan fingerprint density at radius 3 is 2.71 bits per heavy atom. The van der Waals surface area contributed by atoms with E-state index in [2.05, 4.69) is 5.32 Å². The Bertz CT molecular complexity index is 796. The van der Waals surface area contributed by atoms with E-state index >= 15 is 0 Å². The zero-order valence-corrected chi connectivity index (χ0v) is 14.1. The number of hydrogen-bond donors (Lipinski definition) is 1. The second-order valence-corrected chi connectivity index (χ2v) is 6.71. The number of nitrogens with one attached hydrogen (secondary N) is 1. The molecule has 0 radical (unpaired) electrons. The first kappa shape index (κ1) is 16.6. The summed E-state index contributed by atoms with van der Waals surface area (Å²) in [5, 5.41) is 4.03. The van der Waals surface area contributed by atoms with Crippen molar-refractivity contribution >= 4 is 28.6 Å². The summed E-state index contributed by atoms with van der Waals surface area (Å²) in [6, 6.07) is 16.0. The predicted molar refractivity (Wildman–Crippen MR) is 94.6 cm³/mol. The SMILES string of the molecule is C[C@@H](Cc1cc2ccccc2o1)NC(=O)CSc1ccc(F)cc1. The van der Waals surface area contributed by atoms with Gasteiger partial charge < -0.3 is 9.73 Å². The second-order valence-electron chi connectivity index (χ2n) is 5.67. The van der Waals surface area contributed by atoms with E-state index in [-0.39, 0.29) is 17.8 Å². The zero-order chi connectivity index (χ0) is 16.9. The van der Waals surface area contributed by atoms with E-state index in [9.17, 15) is 9.18 Å². The molecule has 1 N–H and O–H groups in total. The third-order valence-corrected chi connectivity index (χ3v) is 4.59. The highest BCUT2D eigenvalue weighted by molar-refractivity contribution is 8.00. The van der Waals surface area contributed by atoms with Crippen molar-refractivity contribution in [3.63, 3.8) is 0 Å². The van der Waals surface area contributed by atoms with Crippen molar-refractivity contribution in [3.8, 4) is 0 Å². The Labute approximate surface area is 144 Å². The smallest absolute Gasteiger partial charge is 0.230 e. The third kappa shape index (κ3) is 4.38. The molecular formula is C19H18FNO2S. The molecule has 1 atom stereocenters. The van der Waals surface area contributed by atoms with Gasteiger partial charge in [-0.1, -0.05) is 18.2 Å². The first-order chi connectivity index (χ1) is 11.6. The lowest BCUT2D eigenvalue weighted by Crippen LogP contribution is -2.35. The molecule has 1 amide bonds. The largest absolute Gasteiger partial charge is 0.461 e. The van der Waals surface area contributed by atoms with Crippen LogP contribution in [-0.4, -0.2) is 17.7 Å². The minimum Gasteiger partial charge on any atom is -0.461 e. The fourth-order valence-electron chi connectivity index (χ4n) is 2.49. The van der Waals surface area contributed by atoms with Crippen molar-refractivity contribution < 1.29 is 13.6 Å². The van der Waals surface area contributed by atoms with E-state index in [0.717, 1.165) is 21.6 Å². The van der Waals surface area contributed by atoms with Gasteiger partial charge in [0.05, 0.1) is 5.75 Å². The van der Waals surface area contributed by atoms with Crippen LogP contribution in [0.4, 0.5) is 4.39 Å². The van der Waals surface area contributed by atoms with E-state index < -0.39 is 0 Å². The first-order valence-corrected chi connectivity index (χ1v) is 8.74. The van der Waals surface area contributed by atoms with Gasteiger partial charge in [0.15, 0.2) is 0 Å². The molecule has 0 bridgehead atoms. The molecule has 1 heterocycles. The molecule has 0 aliphatic carbocycles. The number of hydrogen-bond acceptors (Lipinski definition) is 3. The van der Waals surface area contributed by atoms with Gasteiger partial charge in [0.2, 0.25) is 5.91 Å². The maximum Gasteiger partial charge on any atom is 0.230 e. The normalized spacial score (nSPS) is 12.2. The van der Waals surface area contributed by atoms with Crippen LogP contribution in [0.2, 0.25) is 0 Å². The van der Waals surface area contributed by atoms with Crippen LogP contribution in [0.3, 0.4) is 0 Å². The quantitative estimate of drug-likeness (QED) is 0.674. The highest BCUT2D eigenvalue weighted by atomic mass is 32.2. The highest BCUT2D eigenvalue weighted by Gasteiger charge is 2.11. The number of para-hydroxylation sites is 1. The summed E-state index contributed by atoms with van der Waals surface area (Å²) in [6.45, 7) is 1.95. The maximum absolute atomic E-state index is 12.8. The molecule has 3 nitrogen and oxygen atoms in total.